The maximum Gasteiger partial charge on any atom is 0.166 e. The summed E-state index contributed by atoms with van der Waals surface area (Å²) >= 11 is 0. The van der Waals surface area contributed by atoms with Crippen molar-refractivity contribution in [2.75, 3.05) is 0 Å². The van der Waals surface area contributed by atoms with Gasteiger partial charge in [0, 0.05) is 11.5 Å². The molecular weight excluding hydrogens is 268 g/mol. The molecule has 2 aliphatic rings. The van der Waals surface area contributed by atoms with Crippen molar-refractivity contribution in [2.24, 2.45) is 11.3 Å². The van der Waals surface area contributed by atoms with E-state index in [1.165, 1.54) is 31.2 Å². The molecule has 0 aromatic heterocycles. The van der Waals surface area contributed by atoms with Gasteiger partial charge in [-0.15, -0.1) is 0 Å². The minimum absolute atomic E-state index is 0.284. The van der Waals surface area contributed by atoms with E-state index < -0.39 is 0 Å². The van der Waals surface area contributed by atoms with Crippen LogP contribution in [0.3, 0.4) is 0 Å². The quantitative estimate of drug-likeness (QED) is 0.707. The Morgan fingerprint density at radius 2 is 1.45 bits per heavy atom. The van der Waals surface area contributed by atoms with Crippen molar-refractivity contribution in [1.29, 1.82) is 0 Å². The molecule has 2 saturated carbocycles. The molecule has 112 valence electrons. The molecule has 0 aliphatic heterocycles. The van der Waals surface area contributed by atoms with E-state index in [0.29, 0.717) is 17.1 Å². The molecule has 22 heavy (non-hydrogen) atoms. The topological polar surface area (TPSA) is 17.1 Å². The first-order valence-electron chi connectivity index (χ1n) is 8.43. The highest BCUT2D eigenvalue weighted by molar-refractivity contribution is 6.00. The molecule has 0 unspecified atom stereocenters. The monoisotopic (exact) mass is 290 g/mol. The number of benzene rings is 2. The highest BCUT2D eigenvalue weighted by Crippen LogP contribution is 2.63. The second-order valence-electron chi connectivity index (χ2n) is 7.03. The van der Waals surface area contributed by atoms with Crippen LogP contribution in [0.25, 0.3) is 0 Å². The number of carbonyl (C=O) groups excluding carboxylic acids is 1. The minimum Gasteiger partial charge on any atom is -0.294 e. The highest BCUT2D eigenvalue weighted by atomic mass is 16.1. The van der Waals surface area contributed by atoms with E-state index in [9.17, 15) is 4.79 Å². The number of carbonyl (C=O) groups is 1. The fourth-order valence-electron chi connectivity index (χ4n) is 4.33. The first kappa shape index (κ1) is 13.8. The standard InChI is InChI=1S/C21H22O/c22-20(18-9-5-2-6-10-18)19-15-21(19)13-11-17(12-14-21)16-7-3-1-4-8-16/h1-10,17,19H,11-15H2/t17?,19-,21?/m1/s1. The Hall–Kier alpha value is -1.89. The number of rotatable bonds is 3. The Morgan fingerprint density at radius 1 is 0.864 bits per heavy atom. The zero-order valence-electron chi connectivity index (χ0n) is 12.9. The molecule has 1 spiro atoms. The number of Topliss-reactive ketones (excluding diaryl/α,β-unsaturated/α-hetero) is 1. The normalized spacial score (nSPS) is 30.2. The van der Waals surface area contributed by atoms with Crippen LogP contribution in [0, 0.1) is 11.3 Å². The fourth-order valence-corrected chi connectivity index (χ4v) is 4.33. The van der Waals surface area contributed by atoms with Crippen LogP contribution in [0.2, 0.25) is 0 Å². The van der Waals surface area contributed by atoms with Gasteiger partial charge < -0.3 is 0 Å². The van der Waals surface area contributed by atoms with Gasteiger partial charge in [0.2, 0.25) is 0 Å². The number of hydrogen-bond acceptors (Lipinski definition) is 1. The molecule has 4 rings (SSSR count). The summed E-state index contributed by atoms with van der Waals surface area (Å²) in [7, 11) is 0. The Morgan fingerprint density at radius 3 is 2.09 bits per heavy atom. The summed E-state index contributed by atoms with van der Waals surface area (Å²) in [4.78, 5) is 12.6. The Kier molecular flexibility index (Phi) is 3.37. The second kappa shape index (κ2) is 5.39. The summed E-state index contributed by atoms with van der Waals surface area (Å²) in [5, 5.41) is 0. The van der Waals surface area contributed by atoms with E-state index in [2.05, 4.69) is 30.3 Å². The largest absolute Gasteiger partial charge is 0.294 e. The van der Waals surface area contributed by atoms with Crippen LogP contribution in [0.1, 0.15) is 53.9 Å². The number of hydrogen-bond donors (Lipinski definition) is 0. The molecule has 0 saturated heterocycles. The Labute approximate surface area is 132 Å². The fraction of sp³-hybridized carbons (Fsp3) is 0.381. The van der Waals surface area contributed by atoms with E-state index in [0.717, 1.165) is 12.0 Å². The molecular formula is C21H22O. The van der Waals surface area contributed by atoms with Crippen molar-refractivity contribution in [3.63, 3.8) is 0 Å². The van der Waals surface area contributed by atoms with Gasteiger partial charge in [-0.3, -0.25) is 4.79 Å². The zero-order valence-corrected chi connectivity index (χ0v) is 12.9. The van der Waals surface area contributed by atoms with Crippen molar-refractivity contribution < 1.29 is 4.79 Å². The third-order valence-corrected chi connectivity index (χ3v) is 5.82. The van der Waals surface area contributed by atoms with Crippen LogP contribution >= 0.6 is 0 Å². The van der Waals surface area contributed by atoms with Crippen LogP contribution in [-0.2, 0) is 0 Å². The maximum atomic E-state index is 12.6. The first-order valence-corrected chi connectivity index (χ1v) is 8.43. The van der Waals surface area contributed by atoms with Gasteiger partial charge in [-0.1, -0.05) is 60.7 Å². The summed E-state index contributed by atoms with van der Waals surface area (Å²) in [6.07, 6.45) is 6.03. The summed E-state index contributed by atoms with van der Waals surface area (Å²) in [5.74, 6) is 1.35. The van der Waals surface area contributed by atoms with Gasteiger partial charge in [0.05, 0.1) is 0 Å². The number of ketones is 1. The molecule has 2 aliphatic carbocycles. The van der Waals surface area contributed by atoms with Crippen LogP contribution in [0.5, 0.6) is 0 Å². The molecule has 1 heteroatoms. The average Bonchev–Trinajstić information content (AvgIpc) is 3.30. The second-order valence-corrected chi connectivity index (χ2v) is 7.03. The first-order chi connectivity index (χ1) is 10.8. The van der Waals surface area contributed by atoms with Gasteiger partial charge in [0.15, 0.2) is 5.78 Å². The van der Waals surface area contributed by atoms with Crippen LogP contribution < -0.4 is 0 Å². The van der Waals surface area contributed by atoms with Gasteiger partial charge in [0.1, 0.15) is 0 Å². The van der Waals surface area contributed by atoms with E-state index in [1.54, 1.807) is 0 Å². The SMILES string of the molecule is O=C(c1ccccc1)[C@H]1CC12CCC(c1ccccc1)CC2. The van der Waals surface area contributed by atoms with Crippen molar-refractivity contribution in [3.8, 4) is 0 Å². The molecule has 1 atom stereocenters. The molecule has 0 radical (unpaired) electrons. The summed E-state index contributed by atoms with van der Waals surface area (Å²) in [6, 6.07) is 20.7. The molecule has 1 nitrogen and oxygen atoms in total. The molecule has 0 heterocycles. The Balaban J connectivity index is 1.42. The summed E-state index contributed by atoms with van der Waals surface area (Å²) in [5.41, 5.74) is 2.71. The van der Waals surface area contributed by atoms with Crippen molar-refractivity contribution in [2.45, 2.75) is 38.0 Å². The van der Waals surface area contributed by atoms with Crippen molar-refractivity contribution in [3.05, 3.63) is 71.8 Å². The lowest BCUT2D eigenvalue weighted by atomic mass is 9.75. The van der Waals surface area contributed by atoms with Gasteiger partial charge in [-0.25, -0.2) is 0 Å². The third kappa shape index (κ3) is 2.39. The smallest absolute Gasteiger partial charge is 0.166 e. The van der Waals surface area contributed by atoms with Crippen molar-refractivity contribution >= 4 is 5.78 Å². The van der Waals surface area contributed by atoms with E-state index in [1.807, 2.05) is 30.3 Å². The average molecular weight is 290 g/mol. The van der Waals surface area contributed by atoms with E-state index in [-0.39, 0.29) is 5.92 Å². The molecule has 2 aromatic rings. The molecule has 0 N–H and O–H groups in total. The van der Waals surface area contributed by atoms with Gasteiger partial charge >= 0.3 is 0 Å². The molecule has 2 fully saturated rings. The lowest BCUT2D eigenvalue weighted by molar-refractivity contribution is 0.0936. The predicted molar refractivity (Wildman–Crippen MR) is 89.0 cm³/mol. The third-order valence-electron chi connectivity index (χ3n) is 5.82. The van der Waals surface area contributed by atoms with Gasteiger partial charge in [0.25, 0.3) is 0 Å². The Bertz CT molecular complexity index is 651. The summed E-state index contributed by atoms with van der Waals surface area (Å²) < 4.78 is 0. The lowest BCUT2D eigenvalue weighted by Crippen LogP contribution is -2.19. The molecule has 0 bridgehead atoms. The van der Waals surface area contributed by atoms with Crippen LogP contribution in [0.15, 0.2) is 60.7 Å². The molecule has 2 aromatic carbocycles. The molecule has 0 amide bonds. The predicted octanol–water partition coefficient (Wildman–Crippen LogP) is 5.23. The highest BCUT2D eigenvalue weighted by Gasteiger charge is 2.58. The van der Waals surface area contributed by atoms with Crippen LogP contribution in [-0.4, -0.2) is 5.78 Å². The summed E-state index contributed by atoms with van der Waals surface area (Å²) in [6.45, 7) is 0. The maximum absolute atomic E-state index is 12.6. The van der Waals surface area contributed by atoms with Gasteiger partial charge in [-0.2, -0.15) is 0 Å². The van der Waals surface area contributed by atoms with E-state index in [4.69, 9.17) is 0 Å². The lowest BCUT2D eigenvalue weighted by Gasteiger charge is -2.29. The minimum atomic E-state index is 0.284. The van der Waals surface area contributed by atoms with E-state index >= 15 is 0 Å². The zero-order chi connectivity index (χ0) is 15.0. The van der Waals surface area contributed by atoms with Crippen molar-refractivity contribution in [1.82, 2.24) is 0 Å². The van der Waals surface area contributed by atoms with Gasteiger partial charge in [-0.05, 0) is 49.0 Å². The van der Waals surface area contributed by atoms with Crippen LogP contribution in [0.4, 0.5) is 0 Å².